The third-order valence-electron chi connectivity index (χ3n) is 6.86. The molecule has 0 N–H and O–H groups in total. The van der Waals surface area contributed by atoms with E-state index in [-0.39, 0.29) is 36.9 Å². The molecule has 0 saturated carbocycles. The minimum absolute atomic E-state index is 0.0564. The second-order valence-corrected chi connectivity index (χ2v) is 10.4. The van der Waals surface area contributed by atoms with E-state index in [9.17, 15) is 14.4 Å². The number of benzene rings is 3. The van der Waals surface area contributed by atoms with Gasteiger partial charge >= 0.3 is 0 Å². The van der Waals surface area contributed by atoms with E-state index in [1.807, 2.05) is 43.3 Å². The van der Waals surface area contributed by atoms with Crippen LogP contribution in [0.25, 0.3) is 11.0 Å². The first kappa shape index (κ1) is 28.6. The Hall–Kier alpha value is -4.39. The summed E-state index contributed by atoms with van der Waals surface area (Å²) in [7, 11) is 1.52. The molecule has 208 valence electrons. The van der Waals surface area contributed by atoms with E-state index in [0.29, 0.717) is 40.3 Å². The predicted octanol–water partition coefficient (Wildman–Crippen LogP) is 5.83. The Bertz CT molecular complexity index is 1530. The molecule has 1 aromatic heterocycles. The number of ether oxygens (including phenoxy) is 1. The SMILES string of the molecule is COc1ccccc1C(=O)N(CCC(C)C)CC(=O)N(Cc1ccccc1)Cc1coc2ccc(C)cc2c1=O. The van der Waals surface area contributed by atoms with Crippen molar-refractivity contribution in [1.29, 1.82) is 0 Å². The molecular formula is C33H36N2O5. The van der Waals surface area contributed by atoms with Crippen molar-refractivity contribution in [3.8, 4) is 5.75 Å². The van der Waals surface area contributed by atoms with E-state index in [1.54, 1.807) is 46.2 Å². The quantitative estimate of drug-likeness (QED) is 0.239. The lowest BCUT2D eigenvalue weighted by molar-refractivity contribution is -0.133. The molecule has 4 rings (SSSR count). The fourth-order valence-electron chi connectivity index (χ4n) is 4.56. The molecule has 0 spiro atoms. The first-order valence-electron chi connectivity index (χ1n) is 13.5. The van der Waals surface area contributed by atoms with Crippen molar-refractivity contribution in [3.05, 3.63) is 112 Å². The summed E-state index contributed by atoms with van der Waals surface area (Å²) in [6.07, 6.45) is 2.17. The van der Waals surface area contributed by atoms with Crippen molar-refractivity contribution in [1.82, 2.24) is 9.80 Å². The number of methoxy groups -OCH3 is 1. The highest BCUT2D eigenvalue weighted by Crippen LogP contribution is 2.21. The van der Waals surface area contributed by atoms with Crippen LogP contribution in [0.2, 0.25) is 0 Å². The van der Waals surface area contributed by atoms with Gasteiger partial charge in [0.25, 0.3) is 5.91 Å². The third-order valence-corrected chi connectivity index (χ3v) is 6.86. The zero-order valence-electron chi connectivity index (χ0n) is 23.6. The molecule has 0 aliphatic rings. The molecule has 2 amide bonds. The van der Waals surface area contributed by atoms with Gasteiger partial charge in [0.2, 0.25) is 5.91 Å². The van der Waals surface area contributed by atoms with Crippen LogP contribution in [-0.2, 0) is 17.9 Å². The Kier molecular flexibility index (Phi) is 9.38. The molecule has 40 heavy (non-hydrogen) atoms. The number of aryl methyl sites for hydroxylation is 1. The van der Waals surface area contributed by atoms with Crippen LogP contribution in [-0.4, -0.2) is 41.8 Å². The van der Waals surface area contributed by atoms with E-state index >= 15 is 0 Å². The summed E-state index contributed by atoms with van der Waals surface area (Å²) in [5.74, 6) is 0.264. The number of carbonyl (C=O) groups excluding carboxylic acids is 2. The van der Waals surface area contributed by atoms with Gasteiger partial charge in [0.05, 0.1) is 36.4 Å². The molecule has 1 heterocycles. The number of hydrogen-bond donors (Lipinski definition) is 0. The summed E-state index contributed by atoms with van der Waals surface area (Å²) in [5.41, 5.74) is 2.99. The Labute approximate surface area is 235 Å². The second kappa shape index (κ2) is 13.1. The van der Waals surface area contributed by atoms with E-state index in [2.05, 4.69) is 13.8 Å². The van der Waals surface area contributed by atoms with Crippen molar-refractivity contribution in [3.63, 3.8) is 0 Å². The van der Waals surface area contributed by atoms with Crippen molar-refractivity contribution < 1.29 is 18.7 Å². The molecule has 0 unspecified atom stereocenters. The molecular weight excluding hydrogens is 504 g/mol. The van der Waals surface area contributed by atoms with Crippen LogP contribution in [0, 0.1) is 12.8 Å². The number of rotatable bonds is 11. The highest BCUT2D eigenvalue weighted by atomic mass is 16.5. The normalized spacial score (nSPS) is 11.0. The smallest absolute Gasteiger partial charge is 0.258 e. The maximum Gasteiger partial charge on any atom is 0.258 e. The lowest BCUT2D eigenvalue weighted by Crippen LogP contribution is -2.43. The van der Waals surface area contributed by atoms with Gasteiger partial charge in [-0.2, -0.15) is 0 Å². The van der Waals surface area contributed by atoms with Gasteiger partial charge in [0.15, 0.2) is 5.43 Å². The molecule has 0 aliphatic heterocycles. The number of amides is 2. The zero-order chi connectivity index (χ0) is 28.6. The highest BCUT2D eigenvalue weighted by Gasteiger charge is 2.25. The molecule has 0 aliphatic carbocycles. The lowest BCUT2D eigenvalue weighted by atomic mass is 10.1. The topological polar surface area (TPSA) is 80.1 Å². The minimum atomic E-state index is -0.271. The van der Waals surface area contributed by atoms with Gasteiger partial charge in [0, 0.05) is 13.1 Å². The van der Waals surface area contributed by atoms with Crippen LogP contribution in [0.4, 0.5) is 0 Å². The molecule has 3 aromatic carbocycles. The first-order valence-corrected chi connectivity index (χ1v) is 13.5. The van der Waals surface area contributed by atoms with Gasteiger partial charge in [-0.3, -0.25) is 14.4 Å². The van der Waals surface area contributed by atoms with Crippen molar-refractivity contribution in [2.75, 3.05) is 20.2 Å². The maximum absolute atomic E-state index is 13.9. The summed E-state index contributed by atoms with van der Waals surface area (Å²) in [6.45, 7) is 6.70. The third kappa shape index (κ3) is 6.97. The number of hydrogen-bond acceptors (Lipinski definition) is 5. The summed E-state index contributed by atoms with van der Waals surface area (Å²) in [6, 6.07) is 22.1. The maximum atomic E-state index is 13.9. The van der Waals surface area contributed by atoms with Gasteiger partial charge in [-0.25, -0.2) is 0 Å². The van der Waals surface area contributed by atoms with Crippen molar-refractivity contribution in [2.45, 2.75) is 40.3 Å². The number of nitrogens with zero attached hydrogens (tertiary/aromatic N) is 2. The molecule has 7 heteroatoms. The van der Waals surface area contributed by atoms with Gasteiger partial charge in [-0.1, -0.05) is 67.9 Å². The van der Waals surface area contributed by atoms with Crippen molar-refractivity contribution in [2.24, 2.45) is 5.92 Å². The number of para-hydroxylation sites is 1. The fraction of sp³-hybridized carbons (Fsp3) is 0.303. The molecule has 0 bridgehead atoms. The Morgan fingerprint density at radius 3 is 2.38 bits per heavy atom. The summed E-state index contributed by atoms with van der Waals surface area (Å²) >= 11 is 0. The monoisotopic (exact) mass is 540 g/mol. The Balaban J connectivity index is 1.66. The number of fused-ring (bicyclic) bond motifs is 1. The van der Waals surface area contributed by atoms with E-state index in [0.717, 1.165) is 17.5 Å². The van der Waals surface area contributed by atoms with Gasteiger partial charge < -0.3 is 19.0 Å². The van der Waals surface area contributed by atoms with Crippen molar-refractivity contribution >= 4 is 22.8 Å². The largest absolute Gasteiger partial charge is 0.496 e. The Morgan fingerprint density at radius 2 is 1.65 bits per heavy atom. The van der Waals surface area contributed by atoms with Gasteiger partial charge in [-0.05, 0) is 49.1 Å². The highest BCUT2D eigenvalue weighted by molar-refractivity contribution is 5.98. The minimum Gasteiger partial charge on any atom is -0.496 e. The predicted molar refractivity (Wildman–Crippen MR) is 156 cm³/mol. The molecule has 7 nitrogen and oxygen atoms in total. The molecule has 0 atom stereocenters. The van der Waals surface area contributed by atoms with E-state index < -0.39 is 0 Å². The van der Waals surface area contributed by atoms with E-state index in [1.165, 1.54) is 13.4 Å². The van der Waals surface area contributed by atoms with Crippen LogP contribution in [0.1, 0.15) is 47.3 Å². The summed E-state index contributed by atoms with van der Waals surface area (Å²) < 4.78 is 11.2. The molecule has 0 saturated heterocycles. The zero-order valence-corrected chi connectivity index (χ0v) is 23.6. The molecule has 0 fully saturated rings. The first-order chi connectivity index (χ1) is 19.3. The van der Waals surface area contributed by atoms with Gasteiger partial charge in [0.1, 0.15) is 17.9 Å². The van der Waals surface area contributed by atoms with Gasteiger partial charge in [-0.15, -0.1) is 0 Å². The summed E-state index contributed by atoms with van der Waals surface area (Å²) in [5, 5.41) is 0.481. The second-order valence-electron chi connectivity index (χ2n) is 10.4. The van der Waals surface area contributed by atoms with Crippen LogP contribution in [0.5, 0.6) is 5.75 Å². The average Bonchev–Trinajstić information content (AvgIpc) is 2.96. The summed E-state index contributed by atoms with van der Waals surface area (Å²) in [4.78, 5) is 44.1. The molecule has 4 aromatic rings. The fourth-order valence-corrected chi connectivity index (χ4v) is 4.56. The average molecular weight is 541 g/mol. The standard InChI is InChI=1S/C33H36N2O5/c1-23(2)16-17-34(33(38)27-12-8-9-13-29(27)39-4)21-31(36)35(19-25-10-6-5-7-11-25)20-26-22-40-30-15-14-24(3)18-28(30)32(26)37/h5-15,18,22-23H,16-17,19-21H2,1-4H3. The molecule has 0 radical (unpaired) electrons. The number of carbonyl (C=O) groups is 2. The van der Waals surface area contributed by atoms with Crippen LogP contribution < -0.4 is 10.2 Å². The Morgan fingerprint density at radius 1 is 0.925 bits per heavy atom. The van der Waals surface area contributed by atoms with Crippen LogP contribution >= 0.6 is 0 Å². The van der Waals surface area contributed by atoms with Crippen LogP contribution in [0.15, 0.2) is 88.3 Å². The van der Waals surface area contributed by atoms with E-state index in [4.69, 9.17) is 9.15 Å². The lowest BCUT2D eigenvalue weighted by Gasteiger charge is -2.28. The van der Waals surface area contributed by atoms with Crippen LogP contribution in [0.3, 0.4) is 0 Å².